The normalized spacial score (nSPS) is 18.3. The van der Waals surface area contributed by atoms with Crippen molar-refractivity contribution in [2.75, 3.05) is 18.0 Å². The lowest BCUT2D eigenvalue weighted by Gasteiger charge is -2.17. The van der Waals surface area contributed by atoms with Gasteiger partial charge in [-0.1, -0.05) is 0 Å². The van der Waals surface area contributed by atoms with E-state index in [1.54, 1.807) is 23.3 Å². The molecule has 3 aromatic rings. The molecule has 7 heteroatoms. The molecule has 1 fully saturated rings. The maximum absolute atomic E-state index is 4.65. The van der Waals surface area contributed by atoms with Gasteiger partial charge in [0.05, 0.1) is 18.4 Å². The largest absolute Gasteiger partial charge is 0.353 e. The zero-order valence-electron chi connectivity index (χ0n) is 11.4. The second-order valence-electron chi connectivity index (χ2n) is 5.06. The molecule has 1 atom stereocenters. The van der Waals surface area contributed by atoms with E-state index in [2.05, 4.69) is 25.1 Å². The SMILES string of the molecule is c1cnn(-c2cncc(N3CCC(n4cccn4)C3)n2)c1. The van der Waals surface area contributed by atoms with Crippen LogP contribution in [0.15, 0.2) is 49.3 Å². The van der Waals surface area contributed by atoms with Crippen molar-refractivity contribution in [3.63, 3.8) is 0 Å². The molecule has 0 amide bonds. The van der Waals surface area contributed by atoms with Gasteiger partial charge < -0.3 is 4.90 Å². The van der Waals surface area contributed by atoms with E-state index in [4.69, 9.17) is 0 Å². The summed E-state index contributed by atoms with van der Waals surface area (Å²) in [6, 6.07) is 4.23. The number of rotatable bonds is 3. The number of nitrogens with zero attached hydrogens (tertiary/aromatic N) is 7. The van der Waals surface area contributed by atoms with Crippen molar-refractivity contribution in [3.05, 3.63) is 49.3 Å². The van der Waals surface area contributed by atoms with E-state index in [-0.39, 0.29) is 0 Å². The fourth-order valence-corrected chi connectivity index (χ4v) is 2.68. The van der Waals surface area contributed by atoms with Gasteiger partial charge in [0.25, 0.3) is 0 Å². The fourth-order valence-electron chi connectivity index (χ4n) is 2.68. The van der Waals surface area contributed by atoms with Gasteiger partial charge in [-0.15, -0.1) is 0 Å². The summed E-state index contributed by atoms with van der Waals surface area (Å²) in [6.45, 7) is 1.86. The van der Waals surface area contributed by atoms with Gasteiger partial charge in [0, 0.05) is 37.9 Å². The highest BCUT2D eigenvalue weighted by Crippen LogP contribution is 2.25. The third-order valence-electron chi connectivity index (χ3n) is 3.73. The van der Waals surface area contributed by atoms with Gasteiger partial charge in [0.2, 0.25) is 0 Å². The zero-order chi connectivity index (χ0) is 14.1. The molecule has 4 rings (SSSR count). The van der Waals surface area contributed by atoms with Crippen molar-refractivity contribution >= 4 is 5.82 Å². The highest BCUT2D eigenvalue weighted by molar-refractivity contribution is 5.40. The summed E-state index contributed by atoms with van der Waals surface area (Å²) in [5.74, 6) is 1.62. The Morgan fingerprint density at radius 1 is 1.00 bits per heavy atom. The maximum atomic E-state index is 4.65. The molecule has 0 radical (unpaired) electrons. The molecule has 0 bridgehead atoms. The first-order valence-electron chi connectivity index (χ1n) is 6.96. The minimum absolute atomic E-state index is 0.398. The molecule has 7 nitrogen and oxygen atoms in total. The second kappa shape index (κ2) is 5.01. The molecule has 1 aliphatic heterocycles. The topological polar surface area (TPSA) is 64.7 Å². The molecule has 0 N–H and O–H groups in total. The Hall–Kier alpha value is -2.70. The van der Waals surface area contributed by atoms with Gasteiger partial charge in [-0.3, -0.25) is 9.67 Å². The molecule has 21 heavy (non-hydrogen) atoms. The molecule has 0 aliphatic carbocycles. The average molecular weight is 281 g/mol. The van der Waals surface area contributed by atoms with E-state index in [1.165, 1.54) is 0 Å². The van der Waals surface area contributed by atoms with Crippen LogP contribution in [-0.4, -0.2) is 42.6 Å². The average Bonchev–Trinajstić information content (AvgIpc) is 3.26. The van der Waals surface area contributed by atoms with Crippen LogP contribution in [0.3, 0.4) is 0 Å². The lowest BCUT2D eigenvalue weighted by molar-refractivity contribution is 0.494. The van der Waals surface area contributed by atoms with E-state index in [1.807, 2.05) is 35.4 Å². The summed E-state index contributed by atoms with van der Waals surface area (Å²) in [6.07, 6.45) is 12.0. The van der Waals surface area contributed by atoms with Crippen LogP contribution in [0.4, 0.5) is 5.82 Å². The molecule has 0 spiro atoms. The van der Waals surface area contributed by atoms with Crippen LogP contribution in [0.5, 0.6) is 0 Å². The Bertz CT molecular complexity index is 705. The van der Waals surface area contributed by atoms with E-state index < -0.39 is 0 Å². The first-order valence-corrected chi connectivity index (χ1v) is 6.96. The summed E-state index contributed by atoms with van der Waals surface area (Å²) in [5, 5.41) is 8.52. The summed E-state index contributed by atoms with van der Waals surface area (Å²) in [7, 11) is 0. The van der Waals surface area contributed by atoms with Crippen LogP contribution in [0.2, 0.25) is 0 Å². The third kappa shape index (κ3) is 2.26. The summed E-state index contributed by atoms with van der Waals surface area (Å²) < 4.78 is 3.74. The minimum Gasteiger partial charge on any atom is -0.353 e. The maximum Gasteiger partial charge on any atom is 0.173 e. The first-order chi connectivity index (χ1) is 10.4. The summed E-state index contributed by atoms with van der Waals surface area (Å²) in [4.78, 5) is 11.2. The molecular weight excluding hydrogens is 266 g/mol. The van der Waals surface area contributed by atoms with Crippen LogP contribution in [-0.2, 0) is 0 Å². The number of hydrogen-bond donors (Lipinski definition) is 0. The van der Waals surface area contributed by atoms with Gasteiger partial charge in [-0.05, 0) is 18.6 Å². The molecular formula is C14H15N7. The van der Waals surface area contributed by atoms with Crippen molar-refractivity contribution in [2.45, 2.75) is 12.5 Å². The molecule has 1 saturated heterocycles. The van der Waals surface area contributed by atoms with E-state index in [9.17, 15) is 0 Å². The molecule has 0 aromatic carbocycles. The predicted octanol–water partition coefficient (Wildman–Crippen LogP) is 1.31. The molecule has 0 saturated carbocycles. The number of anilines is 1. The van der Waals surface area contributed by atoms with E-state index in [0.29, 0.717) is 6.04 Å². The third-order valence-corrected chi connectivity index (χ3v) is 3.73. The van der Waals surface area contributed by atoms with Gasteiger partial charge >= 0.3 is 0 Å². The molecule has 1 aliphatic rings. The van der Waals surface area contributed by atoms with Crippen LogP contribution in [0, 0.1) is 0 Å². The van der Waals surface area contributed by atoms with Crippen molar-refractivity contribution < 1.29 is 0 Å². The molecule has 106 valence electrons. The number of hydrogen-bond acceptors (Lipinski definition) is 5. The van der Waals surface area contributed by atoms with Crippen LogP contribution >= 0.6 is 0 Å². The van der Waals surface area contributed by atoms with Crippen molar-refractivity contribution in [3.8, 4) is 5.82 Å². The van der Waals surface area contributed by atoms with Gasteiger partial charge in [0.15, 0.2) is 5.82 Å². The monoisotopic (exact) mass is 281 g/mol. The molecule has 4 heterocycles. The molecule has 1 unspecified atom stereocenters. The lowest BCUT2D eigenvalue weighted by atomic mass is 10.3. The zero-order valence-corrected chi connectivity index (χ0v) is 11.4. The van der Waals surface area contributed by atoms with E-state index >= 15 is 0 Å². The minimum atomic E-state index is 0.398. The van der Waals surface area contributed by atoms with Crippen LogP contribution in [0.25, 0.3) is 5.82 Å². The highest BCUT2D eigenvalue weighted by atomic mass is 15.4. The quantitative estimate of drug-likeness (QED) is 0.724. The Kier molecular flexibility index (Phi) is 2.88. The Morgan fingerprint density at radius 3 is 2.67 bits per heavy atom. The van der Waals surface area contributed by atoms with Gasteiger partial charge in [0.1, 0.15) is 5.82 Å². The van der Waals surface area contributed by atoms with Crippen molar-refractivity contribution in [2.24, 2.45) is 0 Å². The van der Waals surface area contributed by atoms with E-state index in [0.717, 1.165) is 31.1 Å². The van der Waals surface area contributed by atoms with Gasteiger partial charge in [-0.25, -0.2) is 9.67 Å². The van der Waals surface area contributed by atoms with Crippen LogP contribution < -0.4 is 4.90 Å². The Labute approximate surface area is 121 Å². The number of aromatic nitrogens is 6. The summed E-state index contributed by atoms with van der Waals surface area (Å²) >= 11 is 0. The lowest BCUT2D eigenvalue weighted by Crippen LogP contribution is -2.22. The van der Waals surface area contributed by atoms with Crippen molar-refractivity contribution in [1.29, 1.82) is 0 Å². The highest BCUT2D eigenvalue weighted by Gasteiger charge is 2.25. The fraction of sp³-hybridized carbons (Fsp3) is 0.286. The van der Waals surface area contributed by atoms with Crippen molar-refractivity contribution in [1.82, 2.24) is 29.5 Å². The summed E-state index contributed by atoms with van der Waals surface area (Å²) in [5.41, 5.74) is 0. The second-order valence-corrected chi connectivity index (χ2v) is 5.06. The molecule has 3 aromatic heterocycles. The standard InChI is InChI=1S/C14H15N7/c1-4-16-20(6-1)12-3-8-19(11-12)13-9-15-10-14(18-13)21-7-2-5-17-21/h1-2,4-7,9-10,12H,3,8,11H2. The first kappa shape index (κ1) is 12.1. The van der Waals surface area contributed by atoms with Gasteiger partial charge in [-0.2, -0.15) is 10.2 Å². The predicted molar refractivity (Wildman–Crippen MR) is 77.2 cm³/mol. The Balaban J connectivity index is 1.56. The smallest absolute Gasteiger partial charge is 0.173 e. The van der Waals surface area contributed by atoms with Crippen LogP contribution in [0.1, 0.15) is 12.5 Å². The Morgan fingerprint density at radius 2 is 1.86 bits per heavy atom.